The molecule has 8 nitrogen and oxygen atoms in total. The van der Waals surface area contributed by atoms with Crippen LogP contribution in [0.4, 0.5) is 4.39 Å². The van der Waals surface area contributed by atoms with Gasteiger partial charge >= 0.3 is 5.97 Å². The molecule has 2 aliphatic rings. The number of aliphatic hydroxyl groups is 2. The van der Waals surface area contributed by atoms with E-state index in [2.05, 4.69) is 4.98 Å². The van der Waals surface area contributed by atoms with Gasteiger partial charge in [0.05, 0.1) is 41.4 Å². The highest BCUT2D eigenvalue weighted by Gasteiger charge is 2.53. The zero-order valence-electron chi connectivity index (χ0n) is 21.7. The van der Waals surface area contributed by atoms with Gasteiger partial charge in [-0.15, -0.1) is 11.3 Å². The summed E-state index contributed by atoms with van der Waals surface area (Å²) >= 11 is 1.31. The third kappa shape index (κ3) is 6.58. The van der Waals surface area contributed by atoms with E-state index in [1.807, 2.05) is 13.8 Å². The number of rotatable bonds is 3. The zero-order chi connectivity index (χ0) is 26.8. The van der Waals surface area contributed by atoms with Gasteiger partial charge < -0.3 is 25.4 Å². The van der Waals surface area contributed by atoms with E-state index in [1.165, 1.54) is 17.4 Å². The number of esters is 1. The summed E-state index contributed by atoms with van der Waals surface area (Å²) in [5, 5.41) is 23.9. The number of halogens is 1. The van der Waals surface area contributed by atoms with E-state index in [4.69, 9.17) is 15.2 Å². The number of thiazole rings is 1. The van der Waals surface area contributed by atoms with Crippen molar-refractivity contribution in [1.29, 1.82) is 0 Å². The first-order chi connectivity index (χ1) is 16.8. The SMILES string of the molecule is CC1CCCC2(C)OC2CC(C(F)=Cc2csc(CN)n2)OC(=O)CC(O)C(C)(C)C(=O)C(C)C1O. The van der Waals surface area contributed by atoms with Crippen molar-refractivity contribution in [3.63, 3.8) is 0 Å². The van der Waals surface area contributed by atoms with Gasteiger partial charge in [0.1, 0.15) is 16.6 Å². The summed E-state index contributed by atoms with van der Waals surface area (Å²) in [6, 6.07) is 0. The molecule has 0 aliphatic carbocycles. The molecule has 7 atom stereocenters. The Hall–Kier alpha value is -1.72. The zero-order valence-corrected chi connectivity index (χ0v) is 22.5. The predicted molar refractivity (Wildman–Crippen MR) is 134 cm³/mol. The second-order valence-electron chi connectivity index (χ2n) is 11.0. The lowest BCUT2D eigenvalue weighted by Gasteiger charge is -2.34. The number of Topliss-reactive ketones (excluding diaryl/α,β-unsaturated/α-hetero) is 1. The molecule has 10 heteroatoms. The maximum Gasteiger partial charge on any atom is 0.309 e. The van der Waals surface area contributed by atoms with E-state index in [9.17, 15) is 19.8 Å². The number of nitrogens with zero attached hydrogens (tertiary/aromatic N) is 1. The van der Waals surface area contributed by atoms with Crippen molar-refractivity contribution < 1.29 is 33.7 Å². The Balaban J connectivity index is 1.85. The minimum absolute atomic E-state index is 0.117. The highest BCUT2D eigenvalue weighted by atomic mass is 32.1. The van der Waals surface area contributed by atoms with Crippen molar-refractivity contribution in [2.45, 2.75) is 103 Å². The van der Waals surface area contributed by atoms with Gasteiger partial charge in [-0.25, -0.2) is 9.37 Å². The number of hydrogen-bond acceptors (Lipinski definition) is 9. The summed E-state index contributed by atoms with van der Waals surface area (Å²) in [4.78, 5) is 30.2. The molecule has 202 valence electrons. The van der Waals surface area contributed by atoms with Crippen LogP contribution in [0.2, 0.25) is 0 Å². The van der Waals surface area contributed by atoms with E-state index >= 15 is 4.39 Å². The summed E-state index contributed by atoms with van der Waals surface area (Å²) in [5.74, 6) is -2.70. The van der Waals surface area contributed by atoms with Crippen molar-refractivity contribution >= 4 is 29.2 Å². The molecule has 0 bridgehead atoms. The molecule has 2 aliphatic heterocycles. The lowest BCUT2D eigenvalue weighted by Crippen LogP contribution is -2.45. The van der Waals surface area contributed by atoms with Crippen LogP contribution in [-0.4, -0.2) is 57.0 Å². The molecule has 0 saturated carbocycles. The highest BCUT2D eigenvalue weighted by Crippen LogP contribution is 2.45. The molecule has 0 radical (unpaired) electrons. The van der Waals surface area contributed by atoms with Crippen molar-refractivity contribution in [3.05, 3.63) is 21.9 Å². The fraction of sp³-hybridized carbons (Fsp3) is 0.731. The summed E-state index contributed by atoms with van der Waals surface area (Å²) < 4.78 is 26.7. The van der Waals surface area contributed by atoms with Crippen LogP contribution in [0.3, 0.4) is 0 Å². The van der Waals surface area contributed by atoms with Crippen molar-refractivity contribution in [2.24, 2.45) is 23.0 Å². The maximum absolute atomic E-state index is 15.3. The Morgan fingerprint density at radius 1 is 1.31 bits per heavy atom. The van der Waals surface area contributed by atoms with E-state index < -0.39 is 53.5 Å². The van der Waals surface area contributed by atoms with Gasteiger partial charge in [-0.2, -0.15) is 0 Å². The number of aliphatic hydroxyl groups excluding tert-OH is 2. The summed E-state index contributed by atoms with van der Waals surface area (Å²) in [7, 11) is 0. The van der Waals surface area contributed by atoms with Gasteiger partial charge in [-0.05, 0) is 31.8 Å². The fourth-order valence-corrected chi connectivity index (χ4v) is 5.54. The Morgan fingerprint density at radius 3 is 2.64 bits per heavy atom. The fourth-order valence-electron chi connectivity index (χ4n) is 4.90. The molecular weight excluding hydrogens is 487 g/mol. The number of nitrogens with two attached hydrogens (primary N) is 1. The van der Waals surface area contributed by atoms with Crippen molar-refractivity contribution in [3.8, 4) is 0 Å². The second-order valence-corrected chi connectivity index (χ2v) is 11.9. The van der Waals surface area contributed by atoms with Crippen LogP contribution in [0.25, 0.3) is 6.08 Å². The van der Waals surface area contributed by atoms with Crippen LogP contribution in [0.1, 0.15) is 77.4 Å². The number of aromatic nitrogens is 1. The molecule has 1 aromatic heterocycles. The number of carbonyl (C=O) groups is 2. The molecule has 0 aromatic carbocycles. The van der Waals surface area contributed by atoms with E-state index in [0.29, 0.717) is 23.5 Å². The summed E-state index contributed by atoms with van der Waals surface area (Å²) in [5.41, 5.74) is 4.18. The van der Waals surface area contributed by atoms with Gasteiger partial charge in [0.2, 0.25) is 0 Å². The number of carbonyl (C=O) groups excluding carboxylic acids is 2. The average Bonchev–Trinajstić information content (AvgIpc) is 3.23. The molecule has 2 fully saturated rings. The topological polar surface area (TPSA) is 135 Å². The van der Waals surface area contributed by atoms with Gasteiger partial charge in [0.25, 0.3) is 0 Å². The normalized spacial score (nSPS) is 36.8. The average molecular weight is 527 g/mol. The number of fused-ring (bicyclic) bond motifs is 1. The maximum atomic E-state index is 15.3. The van der Waals surface area contributed by atoms with E-state index in [1.54, 1.807) is 26.2 Å². The van der Waals surface area contributed by atoms with Crippen LogP contribution in [0.15, 0.2) is 11.2 Å². The van der Waals surface area contributed by atoms with E-state index in [0.717, 1.165) is 6.42 Å². The molecule has 36 heavy (non-hydrogen) atoms. The van der Waals surface area contributed by atoms with Crippen LogP contribution in [-0.2, 0) is 25.6 Å². The molecule has 3 heterocycles. The predicted octanol–water partition coefficient (Wildman–Crippen LogP) is 3.53. The number of hydrogen-bond donors (Lipinski definition) is 3. The Labute approximate surface area is 216 Å². The van der Waals surface area contributed by atoms with E-state index in [-0.39, 0.29) is 30.8 Å². The quantitative estimate of drug-likeness (QED) is 0.402. The molecule has 0 amide bonds. The monoisotopic (exact) mass is 526 g/mol. The standard InChI is InChI=1S/C26H39FN2O6S/c1-14-7-6-8-26(5)20(35-26)10-18(17(27)9-16-13-36-21(12-28)29-16)34-22(31)11-19(30)25(3,4)24(33)15(2)23(14)32/h9,13-15,18-20,23,30,32H,6-8,10-12,28H2,1-5H3. The first kappa shape index (κ1) is 28.8. The van der Waals surface area contributed by atoms with Gasteiger partial charge in [0, 0.05) is 24.3 Å². The Morgan fingerprint density at radius 2 is 2.00 bits per heavy atom. The number of ether oxygens (including phenoxy) is 2. The number of cyclic esters (lactones) is 1. The summed E-state index contributed by atoms with van der Waals surface area (Å²) in [6.07, 6.45) is -0.776. The molecule has 0 spiro atoms. The first-order valence-electron chi connectivity index (χ1n) is 12.6. The Bertz CT molecular complexity index is 981. The van der Waals surface area contributed by atoms with Gasteiger partial charge in [0.15, 0.2) is 6.10 Å². The van der Waals surface area contributed by atoms with Crippen LogP contribution in [0, 0.1) is 17.3 Å². The molecule has 7 unspecified atom stereocenters. The minimum atomic E-state index is -1.36. The molecular formula is C26H39FN2O6S. The molecule has 3 rings (SSSR count). The molecule has 4 N–H and O–H groups in total. The van der Waals surface area contributed by atoms with Gasteiger partial charge in [-0.3, -0.25) is 9.59 Å². The van der Waals surface area contributed by atoms with Gasteiger partial charge in [-0.1, -0.05) is 34.1 Å². The van der Waals surface area contributed by atoms with Crippen molar-refractivity contribution in [1.82, 2.24) is 4.98 Å². The van der Waals surface area contributed by atoms with Crippen LogP contribution < -0.4 is 5.73 Å². The Kier molecular flexibility index (Phi) is 9.09. The minimum Gasteiger partial charge on any atom is -0.455 e. The number of ketones is 1. The number of epoxide rings is 1. The first-order valence-corrected chi connectivity index (χ1v) is 13.5. The lowest BCUT2D eigenvalue weighted by molar-refractivity contribution is -0.155. The van der Waals surface area contributed by atoms with Crippen LogP contribution >= 0.6 is 11.3 Å². The molecule has 1 aromatic rings. The molecule has 2 saturated heterocycles. The van der Waals surface area contributed by atoms with Crippen molar-refractivity contribution in [2.75, 3.05) is 0 Å². The summed E-state index contributed by atoms with van der Waals surface area (Å²) in [6.45, 7) is 8.82. The highest BCUT2D eigenvalue weighted by molar-refractivity contribution is 7.09. The third-order valence-electron chi connectivity index (χ3n) is 7.74. The van der Waals surface area contributed by atoms with Crippen LogP contribution in [0.5, 0.6) is 0 Å². The smallest absolute Gasteiger partial charge is 0.309 e. The third-order valence-corrected chi connectivity index (χ3v) is 8.63. The largest absolute Gasteiger partial charge is 0.455 e. The second kappa shape index (κ2) is 11.3. The lowest BCUT2D eigenvalue weighted by atomic mass is 9.73.